The molecule has 0 aliphatic carbocycles. The first-order chi connectivity index (χ1) is 6.19. The van der Waals surface area contributed by atoms with Gasteiger partial charge in [0.05, 0.1) is 12.6 Å². The van der Waals surface area contributed by atoms with Gasteiger partial charge in [0.25, 0.3) is 5.56 Å². The molecule has 0 saturated carbocycles. The largest absolute Gasteiger partial charge is 0.394 e. The number of nitrogens with one attached hydrogen (secondary N) is 1. The molecule has 0 spiro atoms. The highest BCUT2D eigenvalue weighted by Crippen LogP contribution is 2.06. The highest BCUT2D eigenvalue weighted by Gasteiger charge is 2.06. The van der Waals surface area contributed by atoms with Gasteiger partial charge in [-0.3, -0.25) is 4.79 Å². The molecule has 0 unspecified atom stereocenters. The molecular weight excluding hydrogens is 170 g/mol. The van der Waals surface area contributed by atoms with Crippen LogP contribution in [0.25, 0.3) is 0 Å². The number of nitriles is 1. The molecule has 0 aliphatic heterocycles. The van der Waals surface area contributed by atoms with Crippen molar-refractivity contribution in [2.45, 2.75) is 6.04 Å². The molecule has 0 aromatic carbocycles. The number of aliphatic hydroxyl groups excluding tert-OH is 1. The van der Waals surface area contributed by atoms with E-state index in [9.17, 15) is 4.79 Å². The number of hydrogen-bond acceptors (Lipinski definition) is 4. The Bertz CT molecular complexity index is 391. The minimum atomic E-state index is -0.566. The van der Waals surface area contributed by atoms with Crippen LogP contribution in [0.4, 0.5) is 0 Å². The normalized spacial score (nSPS) is 12.1. The van der Waals surface area contributed by atoms with Gasteiger partial charge in [-0.25, -0.2) is 0 Å². The van der Waals surface area contributed by atoms with E-state index in [2.05, 4.69) is 4.98 Å². The Labute approximate surface area is 74.4 Å². The van der Waals surface area contributed by atoms with Crippen molar-refractivity contribution >= 4 is 0 Å². The molecule has 1 aromatic rings. The van der Waals surface area contributed by atoms with E-state index in [0.717, 1.165) is 0 Å². The molecule has 4 N–H and O–H groups in total. The SMILES string of the molecule is N#Cc1cc([C@H](N)CO)c[nH]c1=O. The van der Waals surface area contributed by atoms with Crippen LogP contribution in [0.3, 0.4) is 0 Å². The van der Waals surface area contributed by atoms with Crippen LogP contribution in [-0.2, 0) is 0 Å². The molecule has 68 valence electrons. The predicted molar refractivity (Wildman–Crippen MR) is 45.8 cm³/mol. The van der Waals surface area contributed by atoms with Crippen molar-refractivity contribution in [2.75, 3.05) is 6.61 Å². The van der Waals surface area contributed by atoms with Gasteiger partial charge in [0.1, 0.15) is 11.6 Å². The summed E-state index contributed by atoms with van der Waals surface area (Å²) in [6.07, 6.45) is 1.39. The molecule has 0 bridgehead atoms. The van der Waals surface area contributed by atoms with Gasteiger partial charge in [0, 0.05) is 6.20 Å². The predicted octanol–water partition coefficient (Wildman–Crippen LogP) is -0.761. The Hall–Kier alpha value is -1.64. The Morgan fingerprint density at radius 3 is 3.00 bits per heavy atom. The van der Waals surface area contributed by atoms with Crippen LogP contribution in [0.5, 0.6) is 0 Å². The highest BCUT2D eigenvalue weighted by atomic mass is 16.3. The fourth-order valence-corrected chi connectivity index (χ4v) is 0.903. The van der Waals surface area contributed by atoms with Crippen LogP contribution in [0.1, 0.15) is 17.2 Å². The van der Waals surface area contributed by atoms with Crippen molar-refractivity contribution in [3.8, 4) is 6.07 Å². The van der Waals surface area contributed by atoms with E-state index < -0.39 is 11.6 Å². The van der Waals surface area contributed by atoms with Crippen LogP contribution in [0.2, 0.25) is 0 Å². The first-order valence-electron chi connectivity index (χ1n) is 3.68. The van der Waals surface area contributed by atoms with Crippen molar-refractivity contribution in [3.63, 3.8) is 0 Å². The Morgan fingerprint density at radius 2 is 2.46 bits per heavy atom. The summed E-state index contributed by atoms with van der Waals surface area (Å²) in [5.41, 5.74) is 5.58. The maximum Gasteiger partial charge on any atom is 0.265 e. The van der Waals surface area contributed by atoms with Gasteiger partial charge in [-0.1, -0.05) is 0 Å². The first-order valence-corrected chi connectivity index (χ1v) is 3.68. The summed E-state index contributed by atoms with van der Waals surface area (Å²) in [5.74, 6) is 0. The number of nitrogens with two attached hydrogens (primary N) is 1. The van der Waals surface area contributed by atoms with Crippen molar-refractivity contribution in [3.05, 3.63) is 33.7 Å². The zero-order valence-electron chi connectivity index (χ0n) is 6.82. The fraction of sp³-hybridized carbons (Fsp3) is 0.250. The molecule has 13 heavy (non-hydrogen) atoms. The number of nitrogens with zero attached hydrogens (tertiary/aromatic N) is 1. The summed E-state index contributed by atoms with van der Waals surface area (Å²) in [4.78, 5) is 13.3. The van der Waals surface area contributed by atoms with E-state index in [-0.39, 0.29) is 12.2 Å². The minimum absolute atomic E-state index is 0.00130. The number of rotatable bonds is 2. The third-order valence-corrected chi connectivity index (χ3v) is 1.67. The van der Waals surface area contributed by atoms with Crippen LogP contribution >= 0.6 is 0 Å². The summed E-state index contributed by atoms with van der Waals surface area (Å²) < 4.78 is 0. The summed E-state index contributed by atoms with van der Waals surface area (Å²) in [6, 6.07) is 2.54. The number of pyridine rings is 1. The molecule has 1 aromatic heterocycles. The van der Waals surface area contributed by atoms with Gasteiger partial charge in [-0.15, -0.1) is 0 Å². The van der Waals surface area contributed by atoms with E-state index in [1.54, 1.807) is 6.07 Å². The summed E-state index contributed by atoms with van der Waals surface area (Å²) in [6.45, 7) is -0.225. The molecule has 1 heterocycles. The van der Waals surface area contributed by atoms with Crippen molar-refractivity contribution in [2.24, 2.45) is 5.73 Å². The third-order valence-electron chi connectivity index (χ3n) is 1.67. The second-order valence-corrected chi connectivity index (χ2v) is 2.58. The monoisotopic (exact) mass is 179 g/mol. The quantitative estimate of drug-likeness (QED) is 0.555. The van der Waals surface area contributed by atoms with E-state index >= 15 is 0 Å². The maximum absolute atomic E-state index is 10.9. The lowest BCUT2D eigenvalue weighted by Gasteiger charge is -2.06. The standard InChI is InChI=1S/C8H9N3O2/c9-2-5-1-6(7(10)4-12)3-11-8(5)13/h1,3,7,12H,4,10H2,(H,11,13)/t7-/m1/s1. The Morgan fingerprint density at radius 1 is 1.77 bits per heavy atom. The highest BCUT2D eigenvalue weighted by molar-refractivity contribution is 5.30. The maximum atomic E-state index is 10.9. The second kappa shape index (κ2) is 3.85. The first kappa shape index (κ1) is 9.45. The van der Waals surface area contributed by atoms with Gasteiger partial charge in [-0.05, 0) is 11.6 Å². The summed E-state index contributed by atoms with van der Waals surface area (Å²) >= 11 is 0. The van der Waals surface area contributed by atoms with Gasteiger partial charge < -0.3 is 15.8 Å². The minimum Gasteiger partial charge on any atom is -0.394 e. The van der Waals surface area contributed by atoms with Crippen molar-refractivity contribution < 1.29 is 5.11 Å². The van der Waals surface area contributed by atoms with Gasteiger partial charge in [0.2, 0.25) is 0 Å². The van der Waals surface area contributed by atoms with E-state index in [4.69, 9.17) is 16.1 Å². The van der Waals surface area contributed by atoms with Gasteiger partial charge in [0.15, 0.2) is 0 Å². The van der Waals surface area contributed by atoms with E-state index in [1.807, 2.05) is 0 Å². The molecule has 0 aliphatic rings. The summed E-state index contributed by atoms with van der Waals surface area (Å²) in [5, 5.41) is 17.2. The lowest BCUT2D eigenvalue weighted by molar-refractivity contribution is 0.268. The molecule has 1 atom stereocenters. The van der Waals surface area contributed by atoms with Gasteiger partial charge >= 0.3 is 0 Å². The number of aromatic nitrogens is 1. The Kier molecular flexibility index (Phi) is 2.80. The molecule has 1 rings (SSSR count). The average Bonchev–Trinajstić information content (AvgIpc) is 2.17. The topological polar surface area (TPSA) is 103 Å². The van der Waals surface area contributed by atoms with Crippen LogP contribution in [0, 0.1) is 11.3 Å². The molecule has 5 nitrogen and oxygen atoms in total. The lowest BCUT2D eigenvalue weighted by atomic mass is 10.1. The number of aliphatic hydroxyl groups is 1. The molecule has 0 fully saturated rings. The third kappa shape index (κ3) is 1.93. The van der Waals surface area contributed by atoms with Crippen molar-refractivity contribution in [1.82, 2.24) is 4.98 Å². The van der Waals surface area contributed by atoms with Gasteiger partial charge in [-0.2, -0.15) is 5.26 Å². The molecule has 0 saturated heterocycles. The average molecular weight is 179 g/mol. The molecular formula is C8H9N3O2. The zero-order chi connectivity index (χ0) is 9.84. The van der Waals surface area contributed by atoms with Crippen molar-refractivity contribution in [1.29, 1.82) is 5.26 Å². The number of H-pyrrole nitrogens is 1. The van der Waals surface area contributed by atoms with Crippen LogP contribution in [-0.4, -0.2) is 16.7 Å². The fourth-order valence-electron chi connectivity index (χ4n) is 0.903. The van der Waals surface area contributed by atoms with E-state index in [0.29, 0.717) is 5.56 Å². The Balaban J connectivity index is 3.15. The zero-order valence-corrected chi connectivity index (χ0v) is 6.82. The number of hydrogen-bond donors (Lipinski definition) is 3. The van der Waals surface area contributed by atoms with Crippen LogP contribution < -0.4 is 11.3 Å². The molecule has 5 heteroatoms. The number of aromatic amines is 1. The lowest BCUT2D eigenvalue weighted by Crippen LogP contribution is -2.18. The second-order valence-electron chi connectivity index (χ2n) is 2.58. The van der Waals surface area contributed by atoms with Crippen LogP contribution in [0.15, 0.2) is 17.1 Å². The summed E-state index contributed by atoms with van der Waals surface area (Å²) in [7, 11) is 0. The van der Waals surface area contributed by atoms with E-state index in [1.165, 1.54) is 12.3 Å². The smallest absolute Gasteiger partial charge is 0.265 e. The molecule has 0 radical (unpaired) electrons. The molecule has 0 amide bonds.